The SMILES string of the molecule is CC(=O)N1c2ccccc2OP1C. The molecule has 0 spiro atoms. The number of carbonyl (C=O) groups is 1. The Morgan fingerprint density at radius 1 is 1.46 bits per heavy atom. The van der Waals surface area contributed by atoms with E-state index >= 15 is 0 Å². The third-order valence-electron chi connectivity index (χ3n) is 1.90. The Morgan fingerprint density at radius 3 is 2.85 bits per heavy atom. The van der Waals surface area contributed by atoms with Crippen LogP contribution in [0.4, 0.5) is 5.69 Å². The van der Waals surface area contributed by atoms with Gasteiger partial charge in [0.15, 0.2) is 8.30 Å². The molecule has 0 aromatic heterocycles. The van der Waals surface area contributed by atoms with Gasteiger partial charge >= 0.3 is 0 Å². The molecule has 0 saturated heterocycles. The van der Waals surface area contributed by atoms with Crippen molar-refractivity contribution in [1.29, 1.82) is 0 Å². The van der Waals surface area contributed by atoms with Crippen molar-refractivity contribution >= 4 is 19.9 Å². The zero-order valence-corrected chi connectivity index (χ0v) is 8.41. The molecular weight excluding hydrogens is 185 g/mol. The zero-order valence-electron chi connectivity index (χ0n) is 7.52. The summed E-state index contributed by atoms with van der Waals surface area (Å²) in [6, 6.07) is 7.61. The summed E-state index contributed by atoms with van der Waals surface area (Å²) in [6.07, 6.45) is 0. The van der Waals surface area contributed by atoms with E-state index < -0.39 is 8.30 Å². The minimum Gasteiger partial charge on any atom is -0.451 e. The molecule has 1 heterocycles. The normalized spacial score (nSPS) is 19.5. The molecule has 4 heteroatoms. The molecule has 68 valence electrons. The summed E-state index contributed by atoms with van der Waals surface area (Å²) in [4.78, 5) is 11.3. The van der Waals surface area contributed by atoms with Gasteiger partial charge in [0.05, 0.1) is 5.69 Å². The maximum absolute atomic E-state index is 11.3. The van der Waals surface area contributed by atoms with Crippen LogP contribution in [0, 0.1) is 0 Å². The number of carbonyl (C=O) groups excluding carboxylic acids is 1. The van der Waals surface area contributed by atoms with E-state index in [9.17, 15) is 4.79 Å². The molecule has 13 heavy (non-hydrogen) atoms. The monoisotopic (exact) mass is 195 g/mol. The molecular formula is C9H10NO2P. The number of rotatable bonds is 0. The Kier molecular flexibility index (Phi) is 1.97. The third-order valence-corrected chi connectivity index (χ3v) is 3.43. The Hall–Kier alpha value is -1.08. The lowest BCUT2D eigenvalue weighted by atomic mass is 10.3. The predicted molar refractivity (Wildman–Crippen MR) is 53.1 cm³/mol. The van der Waals surface area contributed by atoms with Crippen LogP contribution in [-0.4, -0.2) is 12.6 Å². The molecule has 1 aromatic rings. The third kappa shape index (κ3) is 1.29. The lowest BCUT2D eigenvalue weighted by Gasteiger charge is -2.16. The molecule has 1 aliphatic heterocycles. The van der Waals surface area contributed by atoms with Crippen molar-refractivity contribution in [2.45, 2.75) is 6.92 Å². The lowest BCUT2D eigenvalue weighted by molar-refractivity contribution is -0.115. The lowest BCUT2D eigenvalue weighted by Crippen LogP contribution is -2.19. The van der Waals surface area contributed by atoms with Crippen LogP contribution in [0.25, 0.3) is 0 Å². The highest BCUT2D eigenvalue weighted by molar-refractivity contribution is 7.55. The van der Waals surface area contributed by atoms with Crippen LogP contribution in [0.3, 0.4) is 0 Å². The molecule has 1 aromatic carbocycles. The Labute approximate surface area is 78.2 Å². The number of hydrogen-bond donors (Lipinski definition) is 0. The fourth-order valence-electron chi connectivity index (χ4n) is 1.41. The summed E-state index contributed by atoms with van der Waals surface area (Å²) in [7, 11) is -0.811. The van der Waals surface area contributed by atoms with Gasteiger partial charge in [0.25, 0.3) is 0 Å². The van der Waals surface area contributed by atoms with E-state index in [1.54, 1.807) is 11.6 Å². The first kappa shape index (κ1) is 8.52. The Morgan fingerprint density at radius 2 is 2.15 bits per heavy atom. The molecule has 2 rings (SSSR count). The van der Waals surface area contributed by atoms with Crippen molar-refractivity contribution in [2.75, 3.05) is 11.3 Å². The number of para-hydroxylation sites is 2. The molecule has 1 unspecified atom stereocenters. The quantitative estimate of drug-likeness (QED) is 0.595. The predicted octanol–water partition coefficient (Wildman–Crippen LogP) is 2.37. The van der Waals surface area contributed by atoms with E-state index in [1.807, 2.05) is 30.9 Å². The van der Waals surface area contributed by atoms with Gasteiger partial charge in [-0.15, -0.1) is 0 Å². The standard InChI is InChI=1S/C9H10NO2P/c1-7(11)10-8-5-3-4-6-9(8)12-13(10)2/h3-6H,1-2H3. The summed E-state index contributed by atoms with van der Waals surface area (Å²) in [5.41, 5.74) is 0.892. The Bertz CT molecular complexity index is 353. The van der Waals surface area contributed by atoms with Crippen LogP contribution in [0.5, 0.6) is 5.75 Å². The second kappa shape index (κ2) is 3.00. The summed E-state index contributed by atoms with van der Waals surface area (Å²) in [6.45, 7) is 3.49. The van der Waals surface area contributed by atoms with Crippen LogP contribution >= 0.6 is 8.30 Å². The first-order chi connectivity index (χ1) is 6.20. The molecule has 3 nitrogen and oxygen atoms in total. The van der Waals surface area contributed by atoms with E-state index in [-0.39, 0.29) is 5.91 Å². The van der Waals surface area contributed by atoms with Crippen molar-refractivity contribution in [3.05, 3.63) is 24.3 Å². The van der Waals surface area contributed by atoms with Gasteiger partial charge < -0.3 is 4.52 Å². The maximum Gasteiger partial charge on any atom is 0.229 e. The molecule has 0 aliphatic carbocycles. The van der Waals surface area contributed by atoms with Gasteiger partial charge in [-0.25, -0.2) is 0 Å². The highest BCUT2D eigenvalue weighted by atomic mass is 31.2. The van der Waals surface area contributed by atoms with Crippen molar-refractivity contribution in [1.82, 2.24) is 0 Å². The van der Waals surface area contributed by atoms with E-state index in [1.165, 1.54) is 0 Å². The van der Waals surface area contributed by atoms with Crippen molar-refractivity contribution in [2.24, 2.45) is 0 Å². The second-order valence-electron chi connectivity index (χ2n) is 2.85. The maximum atomic E-state index is 11.3. The molecule has 1 aliphatic rings. The molecule has 0 bridgehead atoms. The number of hydrogen-bond acceptors (Lipinski definition) is 2. The van der Waals surface area contributed by atoms with E-state index in [0.29, 0.717) is 0 Å². The highest BCUT2D eigenvalue weighted by Crippen LogP contribution is 2.53. The van der Waals surface area contributed by atoms with Crippen molar-refractivity contribution in [3.63, 3.8) is 0 Å². The first-order valence-electron chi connectivity index (χ1n) is 4.01. The van der Waals surface area contributed by atoms with Gasteiger partial charge in [-0.05, 0) is 12.1 Å². The fraction of sp³-hybridized carbons (Fsp3) is 0.222. The summed E-state index contributed by atoms with van der Waals surface area (Å²) in [5.74, 6) is 0.852. The number of nitrogens with zero attached hydrogens (tertiary/aromatic N) is 1. The molecule has 0 N–H and O–H groups in total. The van der Waals surface area contributed by atoms with Crippen LogP contribution < -0.4 is 9.19 Å². The fourth-order valence-corrected chi connectivity index (χ4v) is 2.80. The van der Waals surface area contributed by atoms with E-state index in [0.717, 1.165) is 11.4 Å². The van der Waals surface area contributed by atoms with Gasteiger partial charge in [0.1, 0.15) is 5.75 Å². The number of amides is 1. The topological polar surface area (TPSA) is 29.5 Å². The molecule has 1 atom stereocenters. The minimum atomic E-state index is -0.811. The van der Waals surface area contributed by atoms with Crippen molar-refractivity contribution < 1.29 is 9.32 Å². The van der Waals surface area contributed by atoms with Crippen molar-refractivity contribution in [3.8, 4) is 5.75 Å². The zero-order chi connectivity index (χ0) is 9.42. The second-order valence-corrected chi connectivity index (χ2v) is 4.37. The number of benzene rings is 1. The molecule has 1 amide bonds. The van der Waals surface area contributed by atoms with Gasteiger partial charge in [0.2, 0.25) is 5.91 Å². The van der Waals surface area contributed by atoms with Gasteiger partial charge in [-0.2, -0.15) is 0 Å². The summed E-state index contributed by atoms with van der Waals surface area (Å²) < 4.78 is 7.26. The van der Waals surface area contributed by atoms with Gasteiger partial charge in [-0.1, -0.05) is 12.1 Å². The average molecular weight is 195 g/mol. The molecule has 0 fully saturated rings. The van der Waals surface area contributed by atoms with Crippen LogP contribution in [0.2, 0.25) is 0 Å². The van der Waals surface area contributed by atoms with Crippen LogP contribution in [-0.2, 0) is 4.79 Å². The summed E-state index contributed by atoms with van der Waals surface area (Å²) >= 11 is 0. The Balaban J connectivity index is 2.46. The van der Waals surface area contributed by atoms with Gasteiger partial charge in [0, 0.05) is 13.6 Å². The largest absolute Gasteiger partial charge is 0.451 e. The highest BCUT2D eigenvalue weighted by Gasteiger charge is 2.30. The molecule has 0 saturated carbocycles. The van der Waals surface area contributed by atoms with E-state index in [4.69, 9.17) is 4.52 Å². The minimum absolute atomic E-state index is 0.0403. The number of fused-ring (bicyclic) bond motifs is 1. The molecule has 0 radical (unpaired) electrons. The average Bonchev–Trinajstić information content (AvgIpc) is 2.39. The van der Waals surface area contributed by atoms with Gasteiger partial charge in [-0.3, -0.25) is 9.46 Å². The summed E-state index contributed by atoms with van der Waals surface area (Å²) in [5, 5.41) is 0. The van der Waals surface area contributed by atoms with Crippen LogP contribution in [0.15, 0.2) is 24.3 Å². The first-order valence-corrected chi connectivity index (χ1v) is 5.67. The van der Waals surface area contributed by atoms with Crippen LogP contribution in [0.1, 0.15) is 6.92 Å². The van der Waals surface area contributed by atoms with E-state index in [2.05, 4.69) is 0 Å². The smallest absolute Gasteiger partial charge is 0.229 e. The number of anilines is 1.